The van der Waals surface area contributed by atoms with Crippen molar-refractivity contribution in [3.63, 3.8) is 0 Å². The zero-order valence-corrected chi connectivity index (χ0v) is 11.6. The van der Waals surface area contributed by atoms with E-state index in [1.807, 2.05) is 0 Å². The lowest BCUT2D eigenvalue weighted by atomic mass is 9.99. The summed E-state index contributed by atoms with van der Waals surface area (Å²) in [6, 6.07) is 3.40. The van der Waals surface area contributed by atoms with Gasteiger partial charge in [-0.15, -0.1) is 11.3 Å². The molecule has 6 heteroatoms. The van der Waals surface area contributed by atoms with Crippen LogP contribution in [0.4, 0.5) is 0 Å². The molecule has 2 aromatic heterocycles. The second-order valence-corrected chi connectivity index (χ2v) is 6.14. The first kappa shape index (κ1) is 12.8. The van der Waals surface area contributed by atoms with Crippen molar-refractivity contribution < 1.29 is 5.11 Å². The number of rotatable bonds is 2. The number of aromatic nitrogens is 2. The molecule has 0 unspecified atom stereocenters. The minimum absolute atomic E-state index is 0.325. The van der Waals surface area contributed by atoms with Gasteiger partial charge in [-0.25, -0.2) is 9.97 Å². The summed E-state index contributed by atoms with van der Waals surface area (Å²) in [5, 5.41) is 11.0. The predicted molar refractivity (Wildman–Crippen MR) is 70.6 cm³/mol. The standard InChI is InChI=1S/C11H10Cl2N2OS/c1-11(2,16)6-3-7(15-8(12)4-6)10-14-5-9(13)17-10/h3-5,16H,1-2H3. The van der Waals surface area contributed by atoms with Crippen LogP contribution in [0.15, 0.2) is 18.3 Å². The van der Waals surface area contributed by atoms with Crippen LogP contribution in [0.25, 0.3) is 10.7 Å². The minimum atomic E-state index is -0.970. The van der Waals surface area contributed by atoms with Gasteiger partial charge in [-0.05, 0) is 31.5 Å². The van der Waals surface area contributed by atoms with Crippen LogP contribution in [0.3, 0.4) is 0 Å². The number of hydrogen-bond acceptors (Lipinski definition) is 4. The summed E-state index contributed by atoms with van der Waals surface area (Å²) in [4.78, 5) is 8.31. The average Bonchev–Trinajstić information content (AvgIpc) is 2.62. The summed E-state index contributed by atoms with van der Waals surface area (Å²) in [6.07, 6.45) is 1.56. The summed E-state index contributed by atoms with van der Waals surface area (Å²) < 4.78 is 0.589. The number of aliphatic hydroxyl groups is 1. The van der Waals surface area contributed by atoms with Gasteiger partial charge in [-0.2, -0.15) is 0 Å². The molecule has 0 atom stereocenters. The molecule has 0 aliphatic heterocycles. The molecule has 0 bridgehead atoms. The van der Waals surface area contributed by atoms with Crippen molar-refractivity contribution in [1.82, 2.24) is 9.97 Å². The van der Waals surface area contributed by atoms with Crippen molar-refractivity contribution in [2.45, 2.75) is 19.4 Å². The predicted octanol–water partition coefficient (Wildman–Crippen LogP) is 3.74. The van der Waals surface area contributed by atoms with Gasteiger partial charge in [0.05, 0.1) is 11.8 Å². The van der Waals surface area contributed by atoms with Gasteiger partial charge >= 0.3 is 0 Å². The fourth-order valence-corrected chi connectivity index (χ4v) is 2.41. The van der Waals surface area contributed by atoms with Crippen LogP contribution >= 0.6 is 34.5 Å². The first-order valence-corrected chi connectivity index (χ1v) is 6.45. The van der Waals surface area contributed by atoms with Crippen molar-refractivity contribution in [2.24, 2.45) is 0 Å². The first-order valence-electron chi connectivity index (χ1n) is 4.88. The lowest BCUT2D eigenvalue weighted by molar-refractivity contribution is 0.0785. The van der Waals surface area contributed by atoms with Gasteiger partial charge in [0.1, 0.15) is 20.2 Å². The Bertz CT molecular complexity index is 549. The number of thiazole rings is 1. The van der Waals surface area contributed by atoms with E-state index >= 15 is 0 Å². The van der Waals surface area contributed by atoms with Crippen LogP contribution in [-0.2, 0) is 5.60 Å². The molecule has 3 nitrogen and oxygen atoms in total. The molecule has 0 radical (unpaired) electrons. The maximum absolute atomic E-state index is 9.96. The Morgan fingerprint density at radius 3 is 2.53 bits per heavy atom. The van der Waals surface area contributed by atoms with E-state index in [1.54, 1.807) is 32.2 Å². The molecule has 0 aromatic carbocycles. The molecule has 0 fully saturated rings. The van der Waals surface area contributed by atoms with Crippen LogP contribution in [0, 0.1) is 0 Å². The maximum Gasteiger partial charge on any atom is 0.143 e. The molecule has 0 saturated carbocycles. The van der Waals surface area contributed by atoms with Gasteiger partial charge < -0.3 is 5.11 Å². The monoisotopic (exact) mass is 288 g/mol. The summed E-state index contributed by atoms with van der Waals surface area (Å²) in [6.45, 7) is 3.38. The lowest BCUT2D eigenvalue weighted by Gasteiger charge is -2.18. The highest BCUT2D eigenvalue weighted by Crippen LogP contribution is 2.31. The SMILES string of the molecule is CC(C)(O)c1cc(Cl)nc(-c2ncc(Cl)s2)c1. The highest BCUT2D eigenvalue weighted by Gasteiger charge is 2.19. The van der Waals surface area contributed by atoms with Crippen molar-refractivity contribution in [2.75, 3.05) is 0 Å². The second-order valence-electron chi connectivity index (χ2n) is 4.09. The Morgan fingerprint density at radius 1 is 1.29 bits per heavy atom. The van der Waals surface area contributed by atoms with Gasteiger partial charge in [-0.1, -0.05) is 23.2 Å². The molecule has 0 spiro atoms. The van der Waals surface area contributed by atoms with E-state index in [2.05, 4.69) is 9.97 Å². The first-order chi connectivity index (χ1) is 7.86. The average molecular weight is 289 g/mol. The van der Waals surface area contributed by atoms with Crippen LogP contribution in [0.2, 0.25) is 9.49 Å². The third-order valence-corrected chi connectivity index (χ3v) is 3.53. The van der Waals surface area contributed by atoms with Crippen molar-refractivity contribution in [3.8, 4) is 10.7 Å². The molecule has 0 aliphatic rings. The maximum atomic E-state index is 9.96. The largest absolute Gasteiger partial charge is 0.386 e. The minimum Gasteiger partial charge on any atom is -0.386 e. The number of hydrogen-bond donors (Lipinski definition) is 1. The Balaban J connectivity index is 2.52. The van der Waals surface area contributed by atoms with Crippen LogP contribution in [0.5, 0.6) is 0 Å². The molecule has 0 saturated heterocycles. The molecule has 2 aromatic rings. The molecule has 90 valence electrons. The van der Waals surface area contributed by atoms with Crippen LogP contribution in [0.1, 0.15) is 19.4 Å². The summed E-state index contributed by atoms with van der Waals surface area (Å²) in [5.41, 5.74) is 0.341. The third kappa shape index (κ3) is 2.96. The fourth-order valence-electron chi connectivity index (χ4n) is 1.33. The van der Waals surface area contributed by atoms with Gasteiger partial charge in [-0.3, -0.25) is 0 Å². The Hall–Kier alpha value is -0.680. The second kappa shape index (κ2) is 4.53. The van der Waals surface area contributed by atoms with Gasteiger partial charge in [0, 0.05) is 0 Å². The van der Waals surface area contributed by atoms with Crippen LogP contribution < -0.4 is 0 Å². The zero-order chi connectivity index (χ0) is 12.6. The molecule has 1 N–H and O–H groups in total. The van der Waals surface area contributed by atoms with E-state index in [0.29, 0.717) is 25.8 Å². The highest BCUT2D eigenvalue weighted by molar-refractivity contribution is 7.18. The van der Waals surface area contributed by atoms with E-state index in [0.717, 1.165) is 0 Å². The molecule has 17 heavy (non-hydrogen) atoms. The van der Waals surface area contributed by atoms with Gasteiger partial charge in [0.25, 0.3) is 0 Å². The van der Waals surface area contributed by atoms with Crippen molar-refractivity contribution >= 4 is 34.5 Å². The quantitative estimate of drug-likeness (QED) is 0.857. The van der Waals surface area contributed by atoms with Gasteiger partial charge in [0.15, 0.2) is 0 Å². The molecule has 2 rings (SSSR count). The molecule has 0 aliphatic carbocycles. The van der Waals surface area contributed by atoms with Crippen molar-refractivity contribution in [1.29, 1.82) is 0 Å². The summed E-state index contributed by atoms with van der Waals surface area (Å²) in [5.74, 6) is 0. The molecular weight excluding hydrogens is 279 g/mol. The normalized spacial score (nSPS) is 11.8. The zero-order valence-electron chi connectivity index (χ0n) is 9.24. The fraction of sp³-hybridized carbons (Fsp3) is 0.273. The van der Waals surface area contributed by atoms with Gasteiger partial charge in [0.2, 0.25) is 0 Å². The smallest absolute Gasteiger partial charge is 0.143 e. The van der Waals surface area contributed by atoms with Crippen molar-refractivity contribution in [3.05, 3.63) is 33.4 Å². The van der Waals surface area contributed by atoms with E-state index in [1.165, 1.54) is 11.3 Å². The molecule has 2 heterocycles. The third-order valence-electron chi connectivity index (χ3n) is 2.20. The summed E-state index contributed by atoms with van der Waals surface area (Å²) in [7, 11) is 0. The number of pyridine rings is 1. The topological polar surface area (TPSA) is 46.0 Å². The van der Waals surface area contributed by atoms with E-state index in [-0.39, 0.29) is 0 Å². The Kier molecular flexibility index (Phi) is 3.41. The van der Waals surface area contributed by atoms with E-state index < -0.39 is 5.60 Å². The Labute approximate surface area is 113 Å². The van der Waals surface area contributed by atoms with E-state index in [4.69, 9.17) is 23.2 Å². The highest BCUT2D eigenvalue weighted by atomic mass is 35.5. The molecular formula is C11H10Cl2N2OS. The van der Waals surface area contributed by atoms with Crippen LogP contribution in [-0.4, -0.2) is 15.1 Å². The molecule has 0 amide bonds. The lowest BCUT2D eigenvalue weighted by Crippen LogP contribution is -2.15. The summed E-state index contributed by atoms with van der Waals surface area (Å²) >= 11 is 13.1. The number of halogens is 2. The van der Waals surface area contributed by atoms with E-state index in [9.17, 15) is 5.11 Å². The Morgan fingerprint density at radius 2 is 2.00 bits per heavy atom. The number of nitrogens with zero attached hydrogens (tertiary/aromatic N) is 2.